The normalized spacial score (nSPS) is 17.9. The molecule has 0 saturated heterocycles. The molecule has 0 aliphatic heterocycles. The van der Waals surface area contributed by atoms with Crippen LogP contribution in [0.1, 0.15) is 42.6 Å². The molecule has 32 heavy (non-hydrogen) atoms. The minimum absolute atomic E-state index is 0. The molecule has 1 fully saturated rings. The SMILES string of the molecule is Cl.Cl.N=C(N)c1ccc2oc(CCc3ccc(OCC4CCC(CN)CC4)cc3)cc2c1. The molecule has 174 valence electrons. The molecule has 7 heteroatoms. The molecule has 0 unspecified atom stereocenters. The highest BCUT2D eigenvalue weighted by Crippen LogP contribution is 2.29. The van der Waals surface area contributed by atoms with Gasteiger partial charge in [-0.05, 0) is 92.4 Å². The molecule has 0 radical (unpaired) electrons. The number of hydrogen-bond acceptors (Lipinski definition) is 4. The molecular weight excluding hydrogens is 445 g/mol. The molecule has 5 N–H and O–H groups in total. The van der Waals surface area contributed by atoms with Crippen LogP contribution in [0.4, 0.5) is 0 Å². The Hall–Kier alpha value is -2.21. The van der Waals surface area contributed by atoms with Gasteiger partial charge in [-0.3, -0.25) is 5.41 Å². The van der Waals surface area contributed by atoms with Crippen LogP contribution in [0.15, 0.2) is 52.9 Å². The van der Waals surface area contributed by atoms with Gasteiger partial charge in [0.15, 0.2) is 0 Å². The summed E-state index contributed by atoms with van der Waals surface area (Å²) in [4.78, 5) is 0. The van der Waals surface area contributed by atoms with Crippen molar-refractivity contribution in [3.05, 3.63) is 65.4 Å². The molecule has 3 aromatic rings. The molecule has 2 aromatic carbocycles. The molecule has 1 aliphatic rings. The van der Waals surface area contributed by atoms with Crippen molar-refractivity contribution in [3.8, 4) is 5.75 Å². The Labute approximate surface area is 202 Å². The second-order valence-electron chi connectivity index (χ2n) is 8.46. The van der Waals surface area contributed by atoms with E-state index in [1.807, 2.05) is 24.3 Å². The van der Waals surface area contributed by atoms with E-state index in [-0.39, 0.29) is 30.6 Å². The Morgan fingerprint density at radius 1 is 0.938 bits per heavy atom. The van der Waals surface area contributed by atoms with Crippen LogP contribution in [0.3, 0.4) is 0 Å². The summed E-state index contributed by atoms with van der Waals surface area (Å²) >= 11 is 0. The number of halogens is 2. The summed E-state index contributed by atoms with van der Waals surface area (Å²) < 4.78 is 12.0. The Balaban J connectivity index is 0.00000181. The average Bonchev–Trinajstić information content (AvgIpc) is 3.19. The molecule has 0 bridgehead atoms. The molecule has 4 rings (SSSR count). The summed E-state index contributed by atoms with van der Waals surface area (Å²) in [6.45, 7) is 1.63. The highest BCUT2D eigenvalue weighted by molar-refractivity contribution is 5.98. The summed E-state index contributed by atoms with van der Waals surface area (Å²) in [6, 6.07) is 16.0. The van der Waals surface area contributed by atoms with Crippen molar-refractivity contribution >= 4 is 41.6 Å². The number of fused-ring (bicyclic) bond motifs is 1. The lowest BCUT2D eigenvalue weighted by atomic mass is 9.82. The topological polar surface area (TPSA) is 98.3 Å². The highest BCUT2D eigenvalue weighted by atomic mass is 35.5. The largest absolute Gasteiger partial charge is 0.493 e. The lowest BCUT2D eigenvalue weighted by Gasteiger charge is -2.27. The van der Waals surface area contributed by atoms with Crippen molar-refractivity contribution in [3.63, 3.8) is 0 Å². The minimum Gasteiger partial charge on any atom is -0.493 e. The lowest BCUT2D eigenvalue weighted by Crippen LogP contribution is -2.24. The van der Waals surface area contributed by atoms with Gasteiger partial charge in [0.1, 0.15) is 22.9 Å². The van der Waals surface area contributed by atoms with E-state index in [0.717, 1.165) is 54.0 Å². The van der Waals surface area contributed by atoms with Gasteiger partial charge in [-0.1, -0.05) is 12.1 Å². The van der Waals surface area contributed by atoms with E-state index in [4.69, 9.17) is 26.0 Å². The minimum atomic E-state index is 0. The van der Waals surface area contributed by atoms with Crippen molar-refractivity contribution in [2.45, 2.75) is 38.5 Å². The van der Waals surface area contributed by atoms with E-state index < -0.39 is 0 Å². The van der Waals surface area contributed by atoms with Crippen LogP contribution in [0, 0.1) is 17.2 Å². The smallest absolute Gasteiger partial charge is 0.134 e. The number of amidine groups is 1. The van der Waals surface area contributed by atoms with Crippen LogP contribution in [-0.2, 0) is 12.8 Å². The number of benzene rings is 2. The van der Waals surface area contributed by atoms with Crippen LogP contribution in [0.5, 0.6) is 5.75 Å². The number of nitrogens with two attached hydrogens (primary N) is 2. The number of nitrogens with one attached hydrogen (secondary N) is 1. The zero-order chi connectivity index (χ0) is 20.9. The number of aryl methyl sites for hydroxylation is 2. The predicted molar refractivity (Wildman–Crippen MR) is 136 cm³/mol. The quantitative estimate of drug-likeness (QED) is 0.295. The maximum Gasteiger partial charge on any atom is 0.134 e. The molecule has 1 heterocycles. The van der Waals surface area contributed by atoms with Crippen molar-refractivity contribution in [1.29, 1.82) is 5.41 Å². The third-order valence-electron chi connectivity index (χ3n) is 6.25. The maximum atomic E-state index is 7.56. The first-order chi connectivity index (χ1) is 14.6. The maximum absolute atomic E-state index is 7.56. The fraction of sp³-hybridized carbons (Fsp3) is 0.400. The van der Waals surface area contributed by atoms with Gasteiger partial charge in [-0.15, -0.1) is 24.8 Å². The number of ether oxygens (including phenoxy) is 1. The molecule has 1 aromatic heterocycles. The van der Waals surface area contributed by atoms with Crippen molar-refractivity contribution in [1.82, 2.24) is 0 Å². The summed E-state index contributed by atoms with van der Waals surface area (Å²) in [6.07, 6.45) is 6.66. The third kappa shape index (κ3) is 6.64. The van der Waals surface area contributed by atoms with Gasteiger partial charge in [-0.2, -0.15) is 0 Å². The van der Waals surface area contributed by atoms with Gasteiger partial charge in [0, 0.05) is 17.4 Å². The lowest BCUT2D eigenvalue weighted by molar-refractivity contribution is 0.185. The molecule has 1 aliphatic carbocycles. The number of rotatable bonds is 8. The van der Waals surface area contributed by atoms with Gasteiger partial charge in [0.2, 0.25) is 0 Å². The fourth-order valence-electron chi connectivity index (χ4n) is 4.26. The summed E-state index contributed by atoms with van der Waals surface area (Å²) in [7, 11) is 0. The Morgan fingerprint density at radius 3 is 2.28 bits per heavy atom. The van der Waals surface area contributed by atoms with Crippen molar-refractivity contribution in [2.24, 2.45) is 23.3 Å². The van der Waals surface area contributed by atoms with Crippen molar-refractivity contribution in [2.75, 3.05) is 13.2 Å². The molecular formula is C25H33Cl2N3O2. The van der Waals surface area contributed by atoms with E-state index in [9.17, 15) is 0 Å². The third-order valence-corrected chi connectivity index (χ3v) is 6.25. The standard InChI is InChI=1S/C25H31N3O2.2ClH/c26-15-18-1-3-19(4-2-18)16-29-22-9-5-17(6-10-22)7-11-23-14-21-13-20(25(27)28)8-12-24(21)30-23;;/h5-6,8-10,12-14,18-19H,1-4,7,11,15-16,26H2,(H3,27,28);2*1H. The van der Waals surface area contributed by atoms with Crippen molar-refractivity contribution < 1.29 is 9.15 Å². The van der Waals surface area contributed by atoms with Gasteiger partial charge in [-0.25, -0.2) is 0 Å². The van der Waals surface area contributed by atoms with Crippen LogP contribution >= 0.6 is 24.8 Å². The molecule has 0 atom stereocenters. The van der Waals surface area contributed by atoms with Gasteiger partial charge in [0.25, 0.3) is 0 Å². The monoisotopic (exact) mass is 477 g/mol. The number of furan rings is 1. The van der Waals surface area contributed by atoms with Gasteiger partial charge >= 0.3 is 0 Å². The van der Waals surface area contributed by atoms with E-state index in [1.165, 1.54) is 31.2 Å². The number of hydrogen-bond donors (Lipinski definition) is 3. The summed E-state index contributed by atoms with van der Waals surface area (Å²) in [5, 5.41) is 8.55. The zero-order valence-electron chi connectivity index (χ0n) is 18.2. The Bertz CT molecular complexity index is 996. The van der Waals surface area contributed by atoms with E-state index in [2.05, 4.69) is 24.3 Å². The van der Waals surface area contributed by atoms with Crippen LogP contribution < -0.4 is 16.2 Å². The second-order valence-corrected chi connectivity index (χ2v) is 8.46. The Kier molecular flexibility index (Phi) is 9.88. The van der Waals surface area contributed by atoms with E-state index >= 15 is 0 Å². The highest BCUT2D eigenvalue weighted by Gasteiger charge is 2.20. The predicted octanol–water partition coefficient (Wildman–Crippen LogP) is 5.49. The second kappa shape index (κ2) is 12.1. The zero-order valence-corrected chi connectivity index (χ0v) is 19.9. The van der Waals surface area contributed by atoms with E-state index in [0.29, 0.717) is 11.8 Å². The first-order valence-electron chi connectivity index (χ1n) is 10.9. The Morgan fingerprint density at radius 2 is 1.62 bits per heavy atom. The van der Waals surface area contributed by atoms with Gasteiger partial charge < -0.3 is 20.6 Å². The summed E-state index contributed by atoms with van der Waals surface area (Å²) in [5.41, 5.74) is 14.2. The first-order valence-corrected chi connectivity index (χ1v) is 10.9. The van der Waals surface area contributed by atoms with Gasteiger partial charge in [0.05, 0.1) is 6.61 Å². The first kappa shape index (κ1) is 26.0. The van der Waals surface area contributed by atoms with Crippen LogP contribution in [0.2, 0.25) is 0 Å². The van der Waals surface area contributed by atoms with Crippen LogP contribution in [-0.4, -0.2) is 19.0 Å². The fourth-order valence-corrected chi connectivity index (χ4v) is 4.26. The van der Waals surface area contributed by atoms with E-state index in [1.54, 1.807) is 0 Å². The average molecular weight is 478 g/mol. The number of nitrogen functional groups attached to an aromatic ring is 1. The summed E-state index contributed by atoms with van der Waals surface area (Å²) in [5.74, 6) is 3.33. The van der Waals surface area contributed by atoms with Crippen LogP contribution in [0.25, 0.3) is 11.0 Å². The molecule has 1 saturated carbocycles. The molecule has 5 nitrogen and oxygen atoms in total. The molecule has 0 spiro atoms. The molecule has 0 amide bonds.